The minimum Gasteiger partial charge on any atom is -0.490 e. The van der Waals surface area contributed by atoms with Gasteiger partial charge >= 0.3 is 6.03 Å². The van der Waals surface area contributed by atoms with E-state index in [1.165, 1.54) is 12.8 Å². The predicted octanol–water partition coefficient (Wildman–Crippen LogP) is 2.98. The normalized spacial score (nSPS) is 21.3. The molecule has 0 spiro atoms. The summed E-state index contributed by atoms with van der Waals surface area (Å²) in [6.07, 6.45) is 11.5. The van der Waals surface area contributed by atoms with Gasteiger partial charge in [-0.1, -0.05) is 0 Å². The molecule has 2 aliphatic heterocycles. The topological polar surface area (TPSA) is 63.7 Å². The van der Waals surface area contributed by atoms with Gasteiger partial charge in [-0.2, -0.15) is 0 Å². The molecule has 1 aromatic rings. The molecule has 25 heavy (non-hydrogen) atoms. The van der Waals surface area contributed by atoms with Crippen molar-refractivity contribution in [2.75, 3.05) is 26.2 Å². The van der Waals surface area contributed by atoms with Crippen molar-refractivity contribution < 1.29 is 14.3 Å². The fourth-order valence-electron chi connectivity index (χ4n) is 3.46. The lowest BCUT2D eigenvalue weighted by Gasteiger charge is -2.32. The van der Waals surface area contributed by atoms with Crippen molar-refractivity contribution in [3.05, 3.63) is 24.5 Å². The molecule has 2 amide bonds. The third-order valence-electron chi connectivity index (χ3n) is 4.93. The third kappa shape index (κ3) is 5.88. The Hall–Kier alpha value is -1.82. The first kappa shape index (κ1) is 18.0. The first-order valence-electron chi connectivity index (χ1n) is 9.52. The first-order chi connectivity index (χ1) is 12.3. The molecule has 3 rings (SSSR count). The van der Waals surface area contributed by atoms with Crippen LogP contribution in [0.4, 0.5) is 4.79 Å². The van der Waals surface area contributed by atoms with Crippen LogP contribution in [0.3, 0.4) is 0 Å². The maximum atomic E-state index is 12.2. The van der Waals surface area contributed by atoms with E-state index in [1.54, 1.807) is 12.4 Å². The molecule has 2 aliphatic rings. The van der Waals surface area contributed by atoms with Crippen molar-refractivity contribution in [3.63, 3.8) is 0 Å². The maximum absolute atomic E-state index is 12.2. The van der Waals surface area contributed by atoms with E-state index in [0.717, 1.165) is 64.1 Å². The van der Waals surface area contributed by atoms with Crippen LogP contribution in [0.1, 0.15) is 44.9 Å². The van der Waals surface area contributed by atoms with E-state index in [1.807, 2.05) is 17.0 Å². The monoisotopic (exact) mass is 347 g/mol. The van der Waals surface area contributed by atoms with Gasteiger partial charge in [0.15, 0.2) is 0 Å². The molecule has 1 unspecified atom stereocenters. The van der Waals surface area contributed by atoms with Crippen molar-refractivity contribution in [1.82, 2.24) is 15.2 Å². The molecule has 0 radical (unpaired) electrons. The van der Waals surface area contributed by atoms with E-state index in [4.69, 9.17) is 9.47 Å². The molecule has 0 saturated carbocycles. The number of urea groups is 1. The maximum Gasteiger partial charge on any atom is 0.317 e. The highest BCUT2D eigenvalue weighted by Crippen LogP contribution is 2.19. The largest absolute Gasteiger partial charge is 0.490 e. The average Bonchev–Trinajstić information content (AvgIpc) is 3.16. The van der Waals surface area contributed by atoms with Crippen LogP contribution in [-0.2, 0) is 4.74 Å². The predicted molar refractivity (Wildman–Crippen MR) is 95.7 cm³/mol. The van der Waals surface area contributed by atoms with Gasteiger partial charge in [0.1, 0.15) is 11.9 Å². The summed E-state index contributed by atoms with van der Waals surface area (Å²) >= 11 is 0. The third-order valence-corrected chi connectivity index (χ3v) is 4.93. The Balaban J connectivity index is 1.26. The minimum absolute atomic E-state index is 0.0551. The van der Waals surface area contributed by atoms with Crippen LogP contribution in [0.5, 0.6) is 5.75 Å². The van der Waals surface area contributed by atoms with Gasteiger partial charge in [0.05, 0.1) is 6.10 Å². The molecular weight excluding hydrogens is 318 g/mol. The van der Waals surface area contributed by atoms with Crippen LogP contribution >= 0.6 is 0 Å². The molecule has 2 saturated heterocycles. The van der Waals surface area contributed by atoms with E-state index >= 15 is 0 Å². The van der Waals surface area contributed by atoms with Gasteiger partial charge in [-0.15, -0.1) is 0 Å². The van der Waals surface area contributed by atoms with E-state index in [9.17, 15) is 4.79 Å². The zero-order chi connectivity index (χ0) is 17.3. The second-order valence-electron chi connectivity index (χ2n) is 6.85. The molecule has 1 aromatic heterocycles. The van der Waals surface area contributed by atoms with Gasteiger partial charge in [-0.05, 0) is 44.2 Å². The van der Waals surface area contributed by atoms with Crippen LogP contribution in [0.15, 0.2) is 24.5 Å². The number of hydrogen-bond acceptors (Lipinski definition) is 4. The number of hydrogen-bond donors (Lipinski definition) is 1. The van der Waals surface area contributed by atoms with Crippen LogP contribution < -0.4 is 10.1 Å². The molecule has 3 heterocycles. The standard InChI is InChI=1S/C19H29N3O3/c23-19(21-10-2-1-4-16-5-3-15-24-16)22-13-8-18(9-14-22)25-17-6-11-20-12-7-17/h6-7,11-12,16,18H,1-5,8-10,13-15H2,(H,21,23). The minimum atomic E-state index is 0.0551. The molecular formula is C19H29N3O3. The highest BCUT2D eigenvalue weighted by molar-refractivity contribution is 5.74. The van der Waals surface area contributed by atoms with Crippen LogP contribution in [0.25, 0.3) is 0 Å². The molecule has 1 N–H and O–H groups in total. The lowest BCUT2D eigenvalue weighted by molar-refractivity contribution is 0.102. The van der Waals surface area contributed by atoms with Gasteiger partial charge in [-0.3, -0.25) is 4.98 Å². The van der Waals surface area contributed by atoms with Crippen molar-refractivity contribution >= 4 is 6.03 Å². The van der Waals surface area contributed by atoms with Gasteiger partial charge < -0.3 is 19.7 Å². The number of rotatable bonds is 7. The van der Waals surface area contributed by atoms with Gasteiger partial charge in [-0.25, -0.2) is 4.79 Å². The van der Waals surface area contributed by atoms with E-state index in [0.29, 0.717) is 6.10 Å². The Kier molecular flexibility index (Phi) is 6.91. The Labute approximate surface area is 149 Å². The Bertz CT molecular complexity index is 512. The van der Waals surface area contributed by atoms with Crippen LogP contribution in [0.2, 0.25) is 0 Å². The smallest absolute Gasteiger partial charge is 0.317 e. The number of aromatic nitrogens is 1. The molecule has 0 bridgehead atoms. The number of nitrogens with zero attached hydrogens (tertiary/aromatic N) is 2. The van der Waals surface area contributed by atoms with Crippen LogP contribution in [0, 0.1) is 0 Å². The van der Waals surface area contributed by atoms with Gasteiger partial charge in [0.2, 0.25) is 0 Å². The van der Waals surface area contributed by atoms with E-state index < -0.39 is 0 Å². The second-order valence-corrected chi connectivity index (χ2v) is 6.85. The lowest BCUT2D eigenvalue weighted by Crippen LogP contribution is -2.46. The fraction of sp³-hybridized carbons (Fsp3) is 0.684. The summed E-state index contributed by atoms with van der Waals surface area (Å²) in [6.45, 7) is 3.16. The number of carbonyl (C=O) groups is 1. The summed E-state index contributed by atoms with van der Waals surface area (Å²) in [5.41, 5.74) is 0. The average molecular weight is 347 g/mol. The summed E-state index contributed by atoms with van der Waals surface area (Å²) in [5.74, 6) is 0.851. The van der Waals surface area contributed by atoms with Crippen molar-refractivity contribution in [2.45, 2.75) is 57.2 Å². The number of nitrogens with one attached hydrogen (secondary N) is 1. The SMILES string of the molecule is O=C(NCCCCC1CCCO1)N1CCC(Oc2ccncc2)CC1. The van der Waals surface area contributed by atoms with Gasteiger partial charge in [0, 0.05) is 51.5 Å². The van der Waals surface area contributed by atoms with Crippen molar-refractivity contribution in [2.24, 2.45) is 0 Å². The van der Waals surface area contributed by atoms with Gasteiger partial charge in [0.25, 0.3) is 0 Å². The van der Waals surface area contributed by atoms with Crippen LogP contribution in [-0.4, -0.2) is 54.4 Å². The molecule has 6 nitrogen and oxygen atoms in total. The highest BCUT2D eigenvalue weighted by atomic mass is 16.5. The second kappa shape index (κ2) is 9.61. The van der Waals surface area contributed by atoms with Crippen molar-refractivity contribution in [3.8, 4) is 5.75 Å². The Morgan fingerprint density at radius 1 is 1.24 bits per heavy atom. The summed E-state index contributed by atoms with van der Waals surface area (Å²) in [5, 5.41) is 3.04. The van der Waals surface area contributed by atoms with Crippen molar-refractivity contribution in [1.29, 1.82) is 0 Å². The summed E-state index contributed by atoms with van der Waals surface area (Å²) in [4.78, 5) is 18.1. The number of amides is 2. The number of ether oxygens (including phenoxy) is 2. The zero-order valence-electron chi connectivity index (χ0n) is 14.9. The molecule has 6 heteroatoms. The Morgan fingerprint density at radius 2 is 2.04 bits per heavy atom. The first-order valence-corrected chi connectivity index (χ1v) is 9.52. The van der Waals surface area contributed by atoms with E-state index in [-0.39, 0.29) is 12.1 Å². The summed E-state index contributed by atoms with van der Waals surface area (Å²) < 4.78 is 11.6. The highest BCUT2D eigenvalue weighted by Gasteiger charge is 2.23. The molecule has 2 fully saturated rings. The molecule has 1 atom stereocenters. The van der Waals surface area contributed by atoms with E-state index in [2.05, 4.69) is 10.3 Å². The quantitative estimate of drug-likeness (QED) is 0.770. The Morgan fingerprint density at radius 3 is 2.76 bits per heavy atom. The number of pyridine rings is 1. The fourth-order valence-corrected chi connectivity index (χ4v) is 3.46. The zero-order valence-corrected chi connectivity index (χ0v) is 14.9. The molecule has 0 aromatic carbocycles. The molecule has 138 valence electrons. The number of piperidine rings is 1. The molecule has 0 aliphatic carbocycles. The summed E-state index contributed by atoms with van der Waals surface area (Å²) in [7, 11) is 0. The summed E-state index contributed by atoms with van der Waals surface area (Å²) in [6, 6.07) is 3.80. The lowest BCUT2D eigenvalue weighted by atomic mass is 10.1. The number of carbonyl (C=O) groups excluding carboxylic acids is 1. The number of unbranched alkanes of at least 4 members (excludes halogenated alkanes) is 1. The number of likely N-dealkylation sites (tertiary alicyclic amines) is 1.